The largest absolute Gasteiger partial charge is 0.323 e. The molecule has 0 fully saturated rings. The first-order valence-corrected chi connectivity index (χ1v) is 10.4. The second-order valence-corrected chi connectivity index (χ2v) is 8.43. The molecule has 6 aromatic rings. The SMILES string of the molecule is Cn1c2nc(Cc3cc[nH]n3)sc2c2cnn(Cc3cccc4[nH]c(=O)[nH]c34)c(=O)c21. The maximum absolute atomic E-state index is 13.3. The molecule has 0 atom stereocenters. The van der Waals surface area contributed by atoms with Crippen LogP contribution in [-0.2, 0) is 20.0 Å². The van der Waals surface area contributed by atoms with Gasteiger partial charge in [0.15, 0.2) is 5.65 Å². The summed E-state index contributed by atoms with van der Waals surface area (Å²) >= 11 is 1.55. The van der Waals surface area contributed by atoms with Gasteiger partial charge in [0.1, 0.15) is 10.5 Å². The minimum Gasteiger partial charge on any atom is -0.323 e. The van der Waals surface area contributed by atoms with Gasteiger partial charge in [-0.1, -0.05) is 12.1 Å². The molecule has 154 valence electrons. The van der Waals surface area contributed by atoms with E-state index in [0.29, 0.717) is 23.0 Å². The van der Waals surface area contributed by atoms with Gasteiger partial charge in [-0.05, 0) is 17.7 Å². The van der Waals surface area contributed by atoms with Crippen molar-refractivity contribution in [2.24, 2.45) is 7.05 Å². The van der Waals surface area contributed by atoms with Gasteiger partial charge in [0.05, 0.1) is 34.2 Å². The Bertz CT molecular complexity index is 1700. The molecule has 0 radical (unpaired) electrons. The van der Waals surface area contributed by atoms with Gasteiger partial charge in [-0.15, -0.1) is 11.3 Å². The third-order valence-corrected chi connectivity index (χ3v) is 6.50. The molecule has 0 spiro atoms. The standard InChI is InChI=1S/C20H16N8O2S/c1-27-16-12(17-18(27)24-14(31-17)7-11-5-6-21-26-11)8-22-28(19(16)29)9-10-3-2-4-13-15(10)25-20(30)23-13/h2-6,8H,7,9H2,1H3,(H,21,26)(H2,23,25,30). The van der Waals surface area contributed by atoms with Gasteiger partial charge < -0.3 is 14.5 Å². The van der Waals surface area contributed by atoms with E-state index >= 15 is 0 Å². The summed E-state index contributed by atoms with van der Waals surface area (Å²) in [5, 5.41) is 13.1. The van der Waals surface area contributed by atoms with E-state index in [1.807, 2.05) is 35.9 Å². The summed E-state index contributed by atoms with van der Waals surface area (Å²) in [6.07, 6.45) is 4.14. The summed E-state index contributed by atoms with van der Waals surface area (Å²) in [6.45, 7) is 0.247. The molecule has 0 aliphatic rings. The van der Waals surface area contributed by atoms with E-state index in [0.717, 1.165) is 32.0 Å². The van der Waals surface area contributed by atoms with E-state index in [-0.39, 0.29) is 17.8 Å². The Balaban J connectivity index is 1.45. The van der Waals surface area contributed by atoms with Crippen molar-refractivity contribution in [1.82, 2.24) is 39.5 Å². The number of aromatic amines is 3. The first-order valence-electron chi connectivity index (χ1n) is 9.61. The number of fused-ring (bicyclic) bond motifs is 4. The maximum Gasteiger partial charge on any atom is 0.323 e. The van der Waals surface area contributed by atoms with Crippen LogP contribution in [-0.4, -0.2) is 39.5 Å². The fourth-order valence-corrected chi connectivity index (χ4v) is 5.10. The highest BCUT2D eigenvalue weighted by Gasteiger charge is 2.19. The molecular weight excluding hydrogens is 416 g/mol. The summed E-state index contributed by atoms with van der Waals surface area (Å²) in [5.74, 6) is 0. The van der Waals surface area contributed by atoms with Gasteiger partial charge in [-0.2, -0.15) is 10.2 Å². The Morgan fingerprint density at radius 2 is 2.06 bits per heavy atom. The lowest BCUT2D eigenvalue weighted by Gasteiger charge is -2.06. The van der Waals surface area contributed by atoms with Crippen molar-refractivity contribution in [3.8, 4) is 0 Å². The Morgan fingerprint density at radius 1 is 1.16 bits per heavy atom. The second kappa shape index (κ2) is 6.51. The molecule has 10 nitrogen and oxygen atoms in total. The molecule has 3 N–H and O–H groups in total. The Morgan fingerprint density at radius 3 is 2.90 bits per heavy atom. The third-order valence-electron chi connectivity index (χ3n) is 5.42. The fourth-order valence-electron chi connectivity index (χ4n) is 3.98. The first kappa shape index (κ1) is 17.8. The molecule has 5 aromatic heterocycles. The van der Waals surface area contributed by atoms with Crippen LogP contribution in [0.4, 0.5) is 0 Å². The molecular formula is C20H16N8O2S. The lowest BCUT2D eigenvalue weighted by atomic mass is 10.2. The van der Waals surface area contributed by atoms with Gasteiger partial charge in [-0.3, -0.25) is 9.89 Å². The second-order valence-electron chi connectivity index (χ2n) is 7.35. The molecule has 0 saturated heterocycles. The number of rotatable bonds is 4. The molecule has 0 aliphatic heterocycles. The predicted molar refractivity (Wildman–Crippen MR) is 118 cm³/mol. The van der Waals surface area contributed by atoms with Crippen molar-refractivity contribution < 1.29 is 0 Å². The van der Waals surface area contributed by atoms with E-state index in [1.165, 1.54) is 4.68 Å². The molecule has 1 aromatic carbocycles. The van der Waals surface area contributed by atoms with Crippen molar-refractivity contribution in [2.45, 2.75) is 13.0 Å². The monoisotopic (exact) mass is 432 g/mol. The Hall–Kier alpha value is -3.99. The normalized spacial score (nSPS) is 11.9. The zero-order chi connectivity index (χ0) is 21.1. The molecule has 0 saturated carbocycles. The van der Waals surface area contributed by atoms with Crippen LogP contribution in [0.15, 0.2) is 46.2 Å². The number of aromatic nitrogens is 8. The van der Waals surface area contributed by atoms with Crippen LogP contribution in [0.3, 0.4) is 0 Å². The van der Waals surface area contributed by atoms with E-state index < -0.39 is 0 Å². The van der Waals surface area contributed by atoms with Crippen LogP contribution in [0, 0.1) is 0 Å². The smallest absolute Gasteiger partial charge is 0.323 e. The van der Waals surface area contributed by atoms with Crippen molar-refractivity contribution >= 4 is 43.6 Å². The number of nitrogens with zero attached hydrogens (tertiary/aromatic N) is 5. The topological polar surface area (TPSA) is 130 Å². The van der Waals surface area contributed by atoms with Crippen LogP contribution in [0.2, 0.25) is 0 Å². The first-order chi connectivity index (χ1) is 15.1. The van der Waals surface area contributed by atoms with Gasteiger partial charge in [0, 0.05) is 25.1 Å². The van der Waals surface area contributed by atoms with E-state index in [9.17, 15) is 9.59 Å². The fraction of sp³-hybridized carbons (Fsp3) is 0.150. The zero-order valence-corrected chi connectivity index (χ0v) is 17.2. The average Bonchev–Trinajstić information content (AvgIpc) is 3.51. The van der Waals surface area contributed by atoms with Crippen molar-refractivity contribution in [2.75, 3.05) is 0 Å². The lowest BCUT2D eigenvalue weighted by Crippen LogP contribution is -2.24. The number of para-hydroxylation sites is 1. The summed E-state index contributed by atoms with van der Waals surface area (Å²) in [5.41, 5.74) is 3.94. The minimum atomic E-state index is -0.280. The zero-order valence-electron chi connectivity index (χ0n) is 16.3. The molecule has 11 heteroatoms. The molecule has 0 amide bonds. The third kappa shape index (κ3) is 2.74. The Labute approximate surface area is 177 Å². The van der Waals surface area contributed by atoms with Crippen molar-refractivity contribution in [3.05, 3.63) is 73.8 Å². The highest BCUT2D eigenvalue weighted by Crippen LogP contribution is 2.31. The summed E-state index contributed by atoms with van der Waals surface area (Å²) in [7, 11) is 1.85. The van der Waals surface area contributed by atoms with Crippen LogP contribution >= 0.6 is 11.3 Å². The van der Waals surface area contributed by atoms with Gasteiger partial charge in [-0.25, -0.2) is 14.5 Å². The molecule has 0 aliphatic carbocycles. The summed E-state index contributed by atoms with van der Waals surface area (Å²) in [6, 6.07) is 7.45. The van der Waals surface area contributed by atoms with Crippen molar-refractivity contribution in [1.29, 1.82) is 0 Å². The van der Waals surface area contributed by atoms with E-state index in [2.05, 4.69) is 25.3 Å². The number of imidazole rings is 1. The van der Waals surface area contributed by atoms with Crippen molar-refractivity contribution in [3.63, 3.8) is 0 Å². The lowest BCUT2D eigenvalue weighted by molar-refractivity contribution is 0.646. The summed E-state index contributed by atoms with van der Waals surface area (Å²) in [4.78, 5) is 35.2. The quantitative estimate of drug-likeness (QED) is 0.392. The number of hydrogen-bond donors (Lipinski definition) is 3. The Kier molecular flexibility index (Phi) is 3.74. The predicted octanol–water partition coefficient (Wildman–Crippen LogP) is 1.88. The van der Waals surface area contributed by atoms with E-state index in [1.54, 1.807) is 23.7 Å². The summed E-state index contributed by atoms with van der Waals surface area (Å²) < 4.78 is 4.18. The highest BCUT2D eigenvalue weighted by molar-refractivity contribution is 7.19. The number of H-pyrrole nitrogens is 3. The molecule has 5 heterocycles. The number of nitrogens with one attached hydrogen (secondary N) is 3. The molecule has 0 unspecified atom stereocenters. The number of aryl methyl sites for hydroxylation is 1. The van der Waals surface area contributed by atoms with Crippen LogP contribution in [0.25, 0.3) is 32.3 Å². The van der Waals surface area contributed by atoms with Crippen LogP contribution < -0.4 is 11.2 Å². The molecule has 6 rings (SSSR count). The van der Waals surface area contributed by atoms with E-state index in [4.69, 9.17) is 4.98 Å². The van der Waals surface area contributed by atoms with Gasteiger partial charge >= 0.3 is 5.69 Å². The maximum atomic E-state index is 13.3. The van der Waals surface area contributed by atoms with Crippen LogP contribution in [0.5, 0.6) is 0 Å². The molecule has 31 heavy (non-hydrogen) atoms. The number of hydrogen-bond acceptors (Lipinski definition) is 6. The average molecular weight is 432 g/mol. The number of thiazole rings is 1. The van der Waals surface area contributed by atoms with Gasteiger partial charge in [0.2, 0.25) is 0 Å². The number of benzene rings is 1. The minimum absolute atomic E-state index is 0.200. The highest BCUT2D eigenvalue weighted by atomic mass is 32.1. The molecule has 0 bridgehead atoms. The van der Waals surface area contributed by atoms with Crippen LogP contribution in [0.1, 0.15) is 16.3 Å². The van der Waals surface area contributed by atoms with Gasteiger partial charge in [0.25, 0.3) is 5.56 Å².